The average Bonchev–Trinajstić information content (AvgIpc) is 2.62. The number of rotatable bonds is 1. The first-order valence-corrected chi connectivity index (χ1v) is 11.2. The van der Waals surface area contributed by atoms with Crippen LogP contribution < -0.4 is 0 Å². The van der Waals surface area contributed by atoms with Crippen molar-refractivity contribution in [2.24, 2.45) is 0 Å². The third kappa shape index (κ3) is 11.6. The minimum atomic E-state index is -1.06. The zero-order valence-corrected chi connectivity index (χ0v) is 22.0. The number of carbonyl (C=O) groups is 4. The minimum Gasteiger partial charge on any atom is -0.480 e. The van der Waals surface area contributed by atoms with Gasteiger partial charge < -0.3 is 24.1 Å². The normalized spacial score (nSPS) is 15.6. The minimum absolute atomic E-state index is 0.266. The Labute approximate surface area is 206 Å². The molecule has 0 saturated heterocycles. The lowest BCUT2D eigenvalue weighted by molar-refractivity contribution is -0.143. The zero-order chi connectivity index (χ0) is 27.2. The fourth-order valence-corrected chi connectivity index (χ4v) is 2.87. The molecule has 0 unspecified atom stereocenters. The van der Waals surface area contributed by atoms with Gasteiger partial charge in [-0.15, -0.1) is 0 Å². The molecule has 196 valence electrons. The van der Waals surface area contributed by atoms with E-state index >= 15 is 0 Å². The first kappa shape index (κ1) is 29.7. The van der Waals surface area contributed by atoms with Gasteiger partial charge in [0.25, 0.3) is 0 Å². The largest absolute Gasteiger partial charge is 0.519 e. The average molecular weight is 496 g/mol. The maximum Gasteiger partial charge on any atom is 0.519 e. The second-order valence-electron chi connectivity index (χ2n) is 11.0. The van der Waals surface area contributed by atoms with E-state index in [-0.39, 0.29) is 6.54 Å². The number of carboxylic acid groups (broad SMARTS) is 1. The molecule has 35 heavy (non-hydrogen) atoms. The van der Waals surface area contributed by atoms with Crippen molar-refractivity contribution in [1.29, 1.82) is 0 Å². The van der Waals surface area contributed by atoms with E-state index in [9.17, 15) is 24.3 Å². The number of fused-ring (bicyclic) bond motifs is 1. The Morgan fingerprint density at radius 3 is 1.60 bits per heavy atom. The van der Waals surface area contributed by atoms with E-state index in [1.165, 1.54) is 4.90 Å². The number of nitrogens with zero attached hydrogens (tertiary/aromatic N) is 1. The number of amides is 1. The van der Waals surface area contributed by atoms with Crippen LogP contribution in [-0.4, -0.2) is 57.2 Å². The van der Waals surface area contributed by atoms with Crippen LogP contribution in [0.4, 0.5) is 14.4 Å². The SMILES string of the molecule is CC(C)(C)OC(=O)N1Cc2ccccc2C[C@@H]1C(=O)O.CC(C)(C)OC(=O)OC(=O)OC(C)(C)C. The van der Waals surface area contributed by atoms with Gasteiger partial charge in [-0.05, 0) is 73.4 Å². The molecule has 1 atom stereocenters. The van der Waals surface area contributed by atoms with Crippen LogP contribution in [0.2, 0.25) is 0 Å². The molecular weight excluding hydrogens is 458 g/mol. The predicted octanol–water partition coefficient (Wildman–Crippen LogP) is 5.31. The van der Waals surface area contributed by atoms with E-state index in [0.717, 1.165) is 11.1 Å². The summed E-state index contributed by atoms with van der Waals surface area (Å²) >= 11 is 0. The second-order valence-corrected chi connectivity index (χ2v) is 11.0. The molecule has 0 aromatic heterocycles. The number of carbonyl (C=O) groups excluding carboxylic acids is 3. The van der Waals surface area contributed by atoms with E-state index in [1.54, 1.807) is 62.3 Å². The zero-order valence-electron chi connectivity index (χ0n) is 22.0. The predicted molar refractivity (Wildman–Crippen MR) is 127 cm³/mol. The van der Waals surface area contributed by atoms with Gasteiger partial charge in [-0.3, -0.25) is 4.90 Å². The van der Waals surface area contributed by atoms with E-state index in [2.05, 4.69) is 4.74 Å². The van der Waals surface area contributed by atoms with Crippen LogP contribution in [0.25, 0.3) is 0 Å². The van der Waals surface area contributed by atoms with Crippen LogP contribution in [-0.2, 0) is 36.7 Å². The van der Waals surface area contributed by atoms with Gasteiger partial charge in [-0.2, -0.15) is 0 Å². The van der Waals surface area contributed by atoms with Gasteiger partial charge >= 0.3 is 24.4 Å². The van der Waals surface area contributed by atoms with Crippen LogP contribution in [0.1, 0.15) is 73.4 Å². The molecule has 0 bridgehead atoms. The molecule has 1 aliphatic heterocycles. The standard InChI is InChI=1S/C15H19NO4.C10H18O5/c1-15(2,3)20-14(19)16-9-11-7-5-4-6-10(11)8-12(16)13(17)18;1-9(2,3)14-7(11)13-8(12)15-10(4,5)6/h4-7,12H,8-9H2,1-3H3,(H,17,18);1-6H3/t12-;/m1./s1. The Kier molecular flexibility index (Phi) is 9.70. The van der Waals surface area contributed by atoms with Crippen LogP contribution in [0.3, 0.4) is 0 Å². The molecular formula is C25H37NO9. The van der Waals surface area contributed by atoms with Crippen molar-refractivity contribution in [3.05, 3.63) is 35.4 Å². The topological polar surface area (TPSA) is 129 Å². The van der Waals surface area contributed by atoms with Crippen molar-refractivity contribution in [1.82, 2.24) is 4.90 Å². The molecule has 0 radical (unpaired) electrons. The summed E-state index contributed by atoms with van der Waals surface area (Å²) in [7, 11) is 0. The monoisotopic (exact) mass is 495 g/mol. The first-order chi connectivity index (χ1) is 15.8. The van der Waals surface area contributed by atoms with Gasteiger partial charge in [0.15, 0.2) is 0 Å². The van der Waals surface area contributed by atoms with Crippen LogP contribution >= 0.6 is 0 Å². The number of aliphatic carboxylic acids is 1. The molecule has 0 spiro atoms. The lowest BCUT2D eigenvalue weighted by atomic mass is 9.94. The Hall–Kier alpha value is -3.30. The summed E-state index contributed by atoms with van der Waals surface area (Å²) in [4.78, 5) is 46.9. The van der Waals surface area contributed by atoms with Gasteiger partial charge in [0, 0.05) is 6.42 Å². The van der Waals surface area contributed by atoms with Crippen molar-refractivity contribution in [2.45, 2.75) is 98.1 Å². The fourth-order valence-electron chi connectivity index (χ4n) is 2.87. The van der Waals surface area contributed by atoms with Gasteiger partial charge in [-0.1, -0.05) is 24.3 Å². The van der Waals surface area contributed by atoms with Crippen LogP contribution in [0.15, 0.2) is 24.3 Å². The van der Waals surface area contributed by atoms with E-state index in [1.807, 2.05) is 24.3 Å². The molecule has 10 heteroatoms. The smallest absolute Gasteiger partial charge is 0.480 e. The van der Waals surface area contributed by atoms with Gasteiger partial charge in [0.2, 0.25) is 0 Å². The summed E-state index contributed by atoms with van der Waals surface area (Å²) in [5.74, 6) is -1.01. The maximum atomic E-state index is 12.2. The summed E-state index contributed by atoms with van der Waals surface area (Å²) in [5, 5.41) is 9.33. The number of benzene rings is 1. The highest BCUT2D eigenvalue weighted by Crippen LogP contribution is 2.25. The molecule has 1 heterocycles. The Balaban J connectivity index is 0.000000367. The molecule has 1 aromatic rings. The Bertz CT molecular complexity index is 894. The van der Waals surface area contributed by atoms with Crippen molar-refractivity contribution >= 4 is 24.4 Å². The molecule has 1 aromatic carbocycles. The molecule has 0 saturated carbocycles. The molecule has 2 rings (SSSR count). The number of hydrogen-bond donors (Lipinski definition) is 1. The van der Waals surface area contributed by atoms with Crippen molar-refractivity contribution in [3.63, 3.8) is 0 Å². The number of carboxylic acids is 1. The van der Waals surface area contributed by atoms with E-state index < -0.39 is 47.2 Å². The highest BCUT2D eigenvalue weighted by Gasteiger charge is 2.36. The third-order valence-corrected chi connectivity index (χ3v) is 4.11. The van der Waals surface area contributed by atoms with Gasteiger partial charge in [0.1, 0.15) is 22.8 Å². The highest BCUT2D eigenvalue weighted by molar-refractivity contribution is 5.81. The van der Waals surface area contributed by atoms with E-state index in [0.29, 0.717) is 6.42 Å². The quantitative estimate of drug-likeness (QED) is 0.313. The maximum absolute atomic E-state index is 12.2. The summed E-state index contributed by atoms with van der Waals surface area (Å²) < 4.78 is 19.1. The van der Waals surface area contributed by atoms with Gasteiger partial charge in [0.05, 0.1) is 6.54 Å². The van der Waals surface area contributed by atoms with Crippen LogP contribution in [0.5, 0.6) is 0 Å². The summed E-state index contributed by atoms with van der Waals surface area (Å²) in [5.41, 5.74) is -0.0921. The lowest BCUT2D eigenvalue weighted by Gasteiger charge is -2.35. The second kappa shape index (κ2) is 11.4. The highest BCUT2D eigenvalue weighted by atomic mass is 16.8. The van der Waals surface area contributed by atoms with Crippen molar-refractivity contribution in [3.8, 4) is 0 Å². The Morgan fingerprint density at radius 2 is 1.20 bits per heavy atom. The lowest BCUT2D eigenvalue weighted by Crippen LogP contribution is -2.50. The first-order valence-electron chi connectivity index (χ1n) is 11.2. The van der Waals surface area contributed by atoms with Gasteiger partial charge in [-0.25, -0.2) is 19.2 Å². The molecule has 1 aliphatic rings. The Morgan fingerprint density at radius 1 is 0.771 bits per heavy atom. The number of ether oxygens (including phenoxy) is 4. The summed E-state index contributed by atoms with van der Waals surface area (Å²) in [6.07, 6.45) is -2.39. The molecule has 0 aliphatic carbocycles. The van der Waals surface area contributed by atoms with Crippen molar-refractivity contribution < 1.29 is 43.2 Å². The third-order valence-electron chi connectivity index (χ3n) is 4.11. The van der Waals surface area contributed by atoms with Crippen molar-refractivity contribution in [2.75, 3.05) is 0 Å². The summed E-state index contributed by atoms with van der Waals surface area (Å²) in [6.45, 7) is 15.6. The molecule has 10 nitrogen and oxygen atoms in total. The molecule has 1 N–H and O–H groups in total. The molecule has 1 amide bonds. The number of hydrogen-bond acceptors (Lipinski definition) is 8. The molecule has 0 fully saturated rings. The van der Waals surface area contributed by atoms with E-state index in [4.69, 9.17) is 14.2 Å². The fraction of sp³-hybridized carbons (Fsp3) is 0.600. The summed E-state index contributed by atoms with van der Waals surface area (Å²) in [6, 6.07) is 6.69. The van der Waals surface area contributed by atoms with Crippen LogP contribution in [0, 0.1) is 0 Å².